The van der Waals surface area contributed by atoms with Crippen LogP contribution < -0.4 is 15.0 Å². The Kier molecular flexibility index (Phi) is 6.91. The summed E-state index contributed by atoms with van der Waals surface area (Å²) in [6.45, 7) is 4.11. The third-order valence-electron chi connectivity index (χ3n) is 7.26. The van der Waals surface area contributed by atoms with Gasteiger partial charge in [-0.2, -0.15) is 0 Å². The average molecular weight is 517 g/mol. The van der Waals surface area contributed by atoms with Gasteiger partial charge in [-0.05, 0) is 50.2 Å². The molecular formula is C28H32N6O2S. The Hall–Kier alpha value is -3.27. The van der Waals surface area contributed by atoms with Gasteiger partial charge in [-0.1, -0.05) is 24.2 Å². The number of hydrogen-bond donors (Lipinski definition) is 2. The van der Waals surface area contributed by atoms with Gasteiger partial charge in [0.05, 0.1) is 28.6 Å². The van der Waals surface area contributed by atoms with E-state index in [2.05, 4.69) is 39.3 Å². The number of ether oxygens (including phenoxy) is 1. The maximum atomic E-state index is 10.3. The highest BCUT2D eigenvalue weighted by atomic mass is 32.1. The van der Waals surface area contributed by atoms with E-state index in [0.717, 1.165) is 89.9 Å². The largest absolute Gasteiger partial charge is 0.456 e. The summed E-state index contributed by atoms with van der Waals surface area (Å²) in [5.41, 5.74) is 2.89. The van der Waals surface area contributed by atoms with Crippen molar-refractivity contribution in [2.75, 3.05) is 43.4 Å². The molecule has 9 heteroatoms. The molecule has 2 aliphatic rings. The fourth-order valence-corrected chi connectivity index (χ4v) is 5.97. The first-order chi connectivity index (χ1) is 18.1. The number of pyridine rings is 2. The van der Waals surface area contributed by atoms with Gasteiger partial charge in [0, 0.05) is 55.8 Å². The van der Waals surface area contributed by atoms with E-state index < -0.39 is 0 Å². The molecule has 0 unspecified atom stereocenters. The van der Waals surface area contributed by atoms with E-state index in [0.29, 0.717) is 5.75 Å². The Balaban J connectivity index is 1.14. The predicted molar refractivity (Wildman–Crippen MR) is 149 cm³/mol. The Morgan fingerprint density at radius 3 is 2.62 bits per heavy atom. The van der Waals surface area contributed by atoms with Crippen molar-refractivity contribution in [3.05, 3.63) is 55.0 Å². The van der Waals surface area contributed by atoms with E-state index in [-0.39, 0.29) is 12.1 Å². The summed E-state index contributed by atoms with van der Waals surface area (Å²) >= 11 is 1.59. The number of hydrogen-bond acceptors (Lipinski definition) is 9. The zero-order chi connectivity index (χ0) is 25.2. The monoisotopic (exact) mass is 516 g/mol. The molecule has 0 amide bonds. The molecule has 2 fully saturated rings. The lowest BCUT2D eigenvalue weighted by molar-refractivity contribution is 0.116. The van der Waals surface area contributed by atoms with Crippen LogP contribution in [-0.4, -0.2) is 70.3 Å². The SMILES string of the molecule is CN1CCN(c2ccc(-c3cncc(Oc4ccc5nc(N[C@@H]6CCCC[C@H]6O)sc5c4)c3)cn2)CC1. The van der Waals surface area contributed by atoms with Crippen molar-refractivity contribution in [3.8, 4) is 22.6 Å². The van der Waals surface area contributed by atoms with Gasteiger partial charge in [0.25, 0.3) is 0 Å². The topological polar surface area (TPSA) is 86.6 Å². The predicted octanol–water partition coefficient (Wildman–Crippen LogP) is 5.01. The van der Waals surface area contributed by atoms with E-state index in [4.69, 9.17) is 14.7 Å². The standard InChI is InChI=1S/C28H32N6O2S/c1-33-10-12-34(13-11-33)27-9-6-19(17-30-27)20-14-22(18-29-16-20)36-21-7-8-24-26(15-21)37-28(32-24)31-23-4-2-3-5-25(23)35/h6-9,14-18,23,25,35H,2-5,10-13H2,1H3,(H,31,32)/t23-,25-/m1/s1. The van der Waals surface area contributed by atoms with Gasteiger partial charge in [-0.25, -0.2) is 9.97 Å². The molecule has 4 heterocycles. The summed E-state index contributed by atoms with van der Waals surface area (Å²) in [4.78, 5) is 18.5. The van der Waals surface area contributed by atoms with Gasteiger partial charge in [0.15, 0.2) is 5.13 Å². The number of aliphatic hydroxyl groups is 1. The number of thiazole rings is 1. The normalized spacial score (nSPS) is 20.8. The second-order valence-electron chi connectivity index (χ2n) is 9.96. The zero-order valence-corrected chi connectivity index (χ0v) is 21.8. The molecule has 2 N–H and O–H groups in total. The number of likely N-dealkylation sites (N-methyl/N-ethyl adjacent to an activating group) is 1. The highest BCUT2D eigenvalue weighted by molar-refractivity contribution is 7.22. The van der Waals surface area contributed by atoms with Crippen LogP contribution in [0.15, 0.2) is 55.0 Å². The lowest BCUT2D eigenvalue weighted by Gasteiger charge is -2.33. The Morgan fingerprint density at radius 2 is 1.81 bits per heavy atom. The minimum absolute atomic E-state index is 0.0731. The summed E-state index contributed by atoms with van der Waals surface area (Å²) in [6, 6.07) is 12.2. The Labute approximate surface area is 221 Å². The fourth-order valence-electron chi connectivity index (χ4n) is 5.02. The van der Waals surface area contributed by atoms with Crippen LogP contribution in [0.5, 0.6) is 11.5 Å². The van der Waals surface area contributed by atoms with Crippen molar-refractivity contribution < 1.29 is 9.84 Å². The van der Waals surface area contributed by atoms with Crippen molar-refractivity contribution in [2.45, 2.75) is 37.8 Å². The van der Waals surface area contributed by atoms with Crippen molar-refractivity contribution in [1.82, 2.24) is 19.9 Å². The van der Waals surface area contributed by atoms with Crippen molar-refractivity contribution in [2.24, 2.45) is 0 Å². The Bertz CT molecular complexity index is 1350. The van der Waals surface area contributed by atoms with Gasteiger partial charge in [0.1, 0.15) is 17.3 Å². The number of anilines is 2. The zero-order valence-electron chi connectivity index (χ0n) is 21.0. The van der Waals surface area contributed by atoms with Crippen molar-refractivity contribution >= 4 is 32.5 Å². The van der Waals surface area contributed by atoms with E-state index in [1.54, 1.807) is 17.5 Å². The quantitative estimate of drug-likeness (QED) is 0.370. The average Bonchev–Trinajstić information content (AvgIpc) is 3.32. The molecule has 4 aromatic rings. The molecule has 0 radical (unpaired) electrons. The Morgan fingerprint density at radius 1 is 0.946 bits per heavy atom. The summed E-state index contributed by atoms with van der Waals surface area (Å²) in [7, 11) is 2.16. The second-order valence-corrected chi connectivity index (χ2v) is 11.0. The smallest absolute Gasteiger partial charge is 0.184 e. The van der Waals surface area contributed by atoms with Gasteiger partial charge < -0.3 is 25.0 Å². The number of piperazine rings is 1. The van der Waals surface area contributed by atoms with Crippen LogP contribution in [0.25, 0.3) is 21.3 Å². The summed E-state index contributed by atoms with van der Waals surface area (Å²) < 4.78 is 7.22. The van der Waals surface area contributed by atoms with Crippen molar-refractivity contribution in [3.63, 3.8) is 0 Å². The van der Waals surface area contributed by atoms with Crippen LogP contribution >= 0.6 is 11.3 Å². The van der Waals surface area contributed by atoms with Crippen LogP contribution in [-0.2, 0) is 0 Å². The first-order valence-electron chi connectivity index (χ1n) is 13.0. The molecule has 6 rings (SSSR count). The molecule has 0 spiro atoms. The fraction of sp³-hybridized carbons (Fsp3) is 0.393. The molecule has 2 atom stereocenters. The van der Waals surface area contributed by atoms with Crippen LogP contribution in [0.2, 0.25) is 0 Å². The number of nitrogens with zero attached hydrogens (tertiary/aromatic N) is 5. The third kappa shape index (κ3) is 5.53. The molecule has 0 bridgehead atoms. The number of fused-ring (bicyclic) bond motifs is 1. The molecule has 1 aliphatic heterocycles. The van der Waals surface area contributed by atoms with Crippen LogP contribution in [0.3, 0.4) is 0 Å². The lowest BCUT2D eigenvalue weighted by Crippen LogP contribution is -2.44. The highest BCUT2D eigenvalue weighted by Crippen LogP contribution is 2.33. The van der Waals surface area contributed by atoms with E-state index in [9.17, 15) is 5.11 Å². The molecule has 1 aromatic carbocycles. The summed E-state index contributed by atoms with van der Waals surface area (Å²) in [6.07, 6.45) is 9.23. The van der Waals surface area contributed by atoms with E-state index in [1.807, 2.05) is 36.7 Å². The molecule has 3 aromatic heterocycles. The third-order valence-corrected chi connectivity index (χ3v) is 8.20. The maximum absolute atomic E-state index is 10.3. The van der Waals surface area contributed by atoms with Crippen molar-refractivity contribution in [1.29, 1.82) is 0 Å². The van der Waals surface area contributed by atoms with Gasteiger partial charge in [0.2, 0.25) is 0 Å². The molecule has 1 saturated carbocycles. The number of benzene rings is 1. The number of aromatic nitrogens is 3. The number of nitrogens with one attached hydrogen (secondary N) is 1. The van der Waals surface area contributed by atoms with Gasteiger partial charge >= 0.3 is 0 Å². The molecule has 37 heavy (non-hydrogen) atoms. The van der Waals surface area contributed by atoms with Crippen LogP contribution in [0.1, 0.15) is 25.7 Å². The molecule has 8 nitrogen and oxygen atoms in total. The molecule has 1 aliphatic carbocycles. The first-order valence-corrected chi connectivity index (χ1v) is 13.8. The summed E-state index contributed by atoms with van der Waals surface area (Å²) in [5, 5.41) is 14.6. The van der Waals surface area contributed by atoms with Crippen LogP contribution in [0, 0.1) is 0 Å². The first kappa shape index (κ1) is 24.1. The molecular weight excluding hydrogens is 484 g/mol. The minimum atomic E-state index is -0.308. The maximum Gasteiger partial charge on any atom is 0.184 e. The molecule has 192 valence electrons. The van der Waals surface area contributed by atoms with Gasteiger partial charge in [-0.15, -0.1) is 0 Å². The van der Waals surface area contributed by atoms with Gasteiger partial charge in [-0.3, -0.25) is 4.98 Å². The minimum Gasteiger partial charge on any atom is -0.456 e. The van der Waals surface area contributed by atoms with E-state index >= 15 is 0 Å². The lowest BCUT2D eigenvalue weighted by atomic mass is 9.93. The second kappa shape index (κ2) is 10.6. The number of rotatable bonds is 6. The number of aliphatic hydroxyl groups excluding tert-OH is 1. The summed E-state index contributed by atoms with van der Waals surface area (Å²) in [5.74, 6) is 2.43. The highest BCUT2D eigenvalue weighted by Gasteiger charge is 2.23. The van der Waals surface area contributed by atoms with Crippen LogP contribution in [0.4, 0.5) is 10.9 Å². The molecule has 1 saturated heterocycles. The van der Waals surface area contributed by atoms with E-state index in [1.165, 1.54) is 0 Å².